The number of hydrogen-bond acceptors (Lipinski definition) is 3. The maximum Gasteiger partial charge on any atom is 0.238 e. The van der Waals surface area contributed by atoms with Crippen molar-refractivity contribution in [1.29, 1.82) is 0 Å². The minimum atomic E-state index is -3.96. The summed E-state index contributed by atoms with van der Waals surface area (Å²) in [5, 5.41) is 4.88. The highest BCUT2D eigenvalue weighted by Gasteiger charge is 2.12. The number of sulfonamides is 1. The van der Waals surface area contributed by atoms with E-state index in [0.717, 1.165) is 18.2 Å². The lowest BCUT2D eigenvalue weighted by Gasteiger charge is -2.08. The quantitative estimate of drug-likeness (QED) is 0.941. The predicted octanol–water partition coefficient (Wildman–Crippen LogP) is 2.19. The molecule has 0 unspecified atom stereocenters. The third-order valence-electron chi connectivity index (χ3n) is 2.52. The Morgan fingerprint density at radius 3 is 2.45 bits per heavy atom. The molecule has 0 aliphatic carbocycles. The van der Waals surface area contributed by atoms with E-state index in [9.17, 15) is 17.2 Å². The van der Waals surface area contributed by atoms with Crippen LogP contribution in [-0.2, 0) is 16.6 Å². The fraction of sp³-hybridized carbons (Fsp3) is 0.0769. The monoisotopic (exact) mass is 299 g/mol. The molecule has 0 aliphatic heterocycles. The molecule has 0 radical (unpaired) electrons. The zero-order valence-corrected chi connectivity index (χ0v) is 11.0. The molecular weight excluding hydrogens is 288 g/mol. The molecule has 0 bridgehead atoms. The number of halogens is 2. The highest BCUT2D eigenvalue weighted by Crippen LogP contribution is 2.21. The molecule has 0 saturated carbocycles. The summed E-state index contributed by atoms with van der Waals surface area (Å²) in [6.07, 6.45) is 0. The van der Waals surface area contributed by atoms with E-state index >= 15 is 0 Å². The molecular formula is C13H11F2NO3S. The normalized spacial score (nSPS) is 11.3. The number of nitrogens with two attached hydrogens (primary N) is 1. The largest absolute Gasteiger partial charge is 0.486 e. The predicted molar refractivity (Wildman–Crippen MR) is 68.5 cm³/mol. The zero-order valence-electron chi connectivity index (χ0n) is 10.2. The van der Waals surface area contributed by atoms with Crippen LogP contribution in [0.15, 0.2) is 47.4 Å². The van der Waals surface area contributed by atoms with Crippen molar-refractivity contribution in [3.8, 4) is 5.75 Å². The van der Waals surface area contributed by atoms with Crippen molar-refractivity contribution in [2.24, 2.45) is 5.14 Å². The summed E-state index contributed by atoms with van der Waals surface area (Å²) in [5.41, 5.74) is 0.528. The maximum absolute atomic E-state index is 13.6. The Morgan fingerprint density at radius 2 is 1.85 bits per heavy atom. The number of rotatable bonds is 4. The van der Waals surface area contributed by atoms with Gasteiger partial charge in [-0.05, 0) is 35.9 Å². The van der Waals surface area contributed by atoms with Crippen LogP contribution in [0.1, 0.15) is 5.56 Å². The second-order valence-electron chi connectivity index (χ2n) is 4.06. The molecule has 0 fully saturated rings. The molecule has 2 aromatic carbocycles. The van der Waals surface area contributed by atoms with Crippen molar-refractivity contribution in [2.45, 2.75) is 11.5 Å². The van der Waals surface area contributed by atoms with E-state index in [0.29, 0.717) is 5.56 Å². The topological polar surface area (TPSA) is 69.4 Å². The smallest absolute Gasteiger partial charge is 0.238 e. The highest BCUT2D eigenvalue weighted by molar-refractivity contribution is 7.89. The molecule has 0 atom stereocenters. The van der Waals surface area contributed by atoms with Gasteiger partial charge in [0.25, 0.3) is 0 Å². The second kappa shape index (κ2) is 5.56. The van der Waals surface area contributed by atoms with E-state index in [4.69, 9.17) is 9.88 Å². The van der Waals surface area contributed by atoms with E-state index in [1.807, 2.05) is 0 Å². The molecule has 106 valence electrons. The van der Waals surface area contributed by atoms with Crippen molar-refractivity contribution in [3.05, 3.63) is 59.7 Å². The zero-order chi connectivity index (χ0) is 14.8. The lowest BCUT2D eigenvalue weighted by molar-refractivity contribution is 0.289. The number of ether oxygens (including phenoxy) is 1. The Morgan fingerprint density at radius 1 is 1.10 bits per heavy atom. The molecule has 0 aromatic heterocycles. The molecule has 0 amide bonds. The Bertz CT molecular complexity index is 732. The van der Waals surface area contributed by atoms with Crippen LogP contribution in [0.2, 0.25) is 0 Å². The molecule has 2 rings (SSSR count). The second-order valence-corrected chi connectivity index (χ2v) is 5.62. The lowest BCUT2D eigenvalue weighted by atomic mass is 10.2. The first-order valence-electron chi connectivity index (χ1n) is 5.56. The Hall–Kier alpha value is -1.99. The van der Waals surface area contributed by atoms with Gasteiger partial charge in [-0.15, -0.1) is 0 Å². The molecule has 0 saturated heterocycles. The Balaban J connectivity index is 2.15. The number of benzene rings is 2. The standard InChI is InChI=1S/C13H11F2NO3S/c14-10-3-1-2-9(6-10)8-19-13-5-4-11(7-12(13)15)20(16,17)18/h1-7H,8H2,(H2,16,17,18). The third kappa shape index (κ3) is 3.52. The van der Waals surface area contributed by atoms with Crippen LogP contribution in [0.3, 0.4) is 0 Å². The molecule has 2 N–H and O–H groups in total. The summed E-state index contributed by atoms with van der Waals surface area (Å²) in [6, 6.07) is 8.75. The van der Waals surface area contributed by atoms with Crippen molar-refractivity contribution in [1.82, 2.24) is 0 Å². The van der Waals surface area contributed by atoms with Crippen molar-refractivity contribution in [2.75, 3.05) is 0 Å². The van der Waals surface area contributed by atoms with Crippen molar-refractivity contribution in [3.63, 3.8) is 0 Å². The molecule has 0 heterocycles. The molecule has 0 spiro atoms. The van der Waals surface area contributed by atoms with Crippen molar-refractivity contribution < 1.29 is 21.9 Å². The average molecular weight is 299 g/mol. The minimum absolute atomic E-state index is 0.0383. The molecule has 7 heteroatoms. The highest BCUT2D eigenvalue weighted by atomic mass is 32.2. The van der Waals surface area contributed by atoms with E-state index in [-0.39, 0.29) is 17.3 Å². The fourth-order valence-corrected chi connectivity index (χ4v) is 2.09. The summed E-state index contributed by atoms with van der Waals surface area (Å²) in [6.45, 7) is -0.0383. The average Bonchev–Trinajstić information content (AvgIpc) is 2.36. The van der Waals surface area contributed by atoms with Crippen LogP contribution in [0.4, 0.5) is 8.78 Å². The summed E-state index contributed by atoms with van der Waals surface area (Å²) >= 11 is 0. The van der Waals surface area contributed by atoms with Gasteiger partial charge >= 0.3 is 0 Å². The SMILES string of the molecule is NS(=O)(=O)c1ccc(OCc2cccc(F)c2)c(F)c1. The molecule has 2 aromatic rings. The Labute approximate surface area is 114 Å². The third-order valence-corrected chi connectivity index (χ3v) is 3.43. The van der Waals surface area contributed by atoms with Gasteiger partial charge in [0.05, 0.1) is 4.90 Å². The van der Waals surface area contributed by atoms with Gasteiger partial charge in [0.1, 0.15) is 12.4 Å². The van der Waals surface area contributed by atoms with Gasteiger partial charge in [0.15, 0.2) is 11.6 Å². The van der Waals surface area contributed by atoms with Crippen LogP contribution in [-0.4, -0.2) is 8.42 Å². The van der Waals surface area contributed by atoms with E-state index in [2.05, 4.69) is 0 Å². The van der Waals surface area contributed by atoms with Gasteiger partial charge in [-0.3, -0.25) is 0 Å². The minimum Gasteiger partial charge on any atom is -0.486 e. The molecule has 4 nitrogen and oxygen atoms in total. The van der Waals surface area contributed by atoms with E-state index in [1.165, 1.54) is 18.2 Å². The van der Waals surface area contributed by atoms with Crippen LogP contribution in [0, 0.1) is 11.6 Å². The first-order chi connectivity index (χ1) is 9.36. The number of primary sulfonamides is 1. The molecule has 0 aliphatic rings. The van der Waals surface area contributed by atoms with Gasteiger partial charge < -0.3 is 4.74 Å². The fourth-order valence-electron chi connectivity index (χ4n) is 1.56. The van der Waals surface area contributed by atoms with Gasteiger partial charge in [0.2, 0.25) is 10.0 Å². The summed E-state index contributed by atoms with van der Waals surface area (Å²) in [7, 11) is -3.96. The van der Waals surface area contributed by atoms with Crippen LogP contribution in [0.5, 0.6) is 5.75 Å². The first kappa shape index (κ1) is 14.4. The number of hydrogen-bond donors (Lipinski definition) is 1. The van der Waals surface area contributed by atoms with E-state index < -0.39 is 21.7 Å². The Kier molecular flexibility index (Phi) is 4.01. The van der Waals surface area contributed by atoms with E-state index in [1.54, 1.807) is 6.07 Å². The summed E-state index contributed by atoms with van der Waals surface area (Å²) in [5.74, 6) is -1.41. The van der Waals surface area contributed by atoms with Crippen LogP contribution < -0.4 is 9.88 Å². The van der Waals surface area contributed by atoms with Gasteiger partial charge in [-0.1, -0.05) is 12.1 Å². The maximum atomic E-state index is 13.6. The summed E-state index contributed by atoms with van der Waals surface area (Å²) in [4.78, 5) is -0.340. The van der Waals surface area contributed by atoms with Gasteiger partial charge in [0, 0.05) is 0 Å². The van der Waals surface area contributed by atoms with Gasteiger partial charge in [-0.25, -0.2) is 22.3 Å². The lowest BCUT2D eigenvalue weighted by Crippen LogP contribution is -2.12. The summed E-state index contributed by atoms with van der Waals surface area (Å²) < 4.78 is 53.8. The van der Waals surface area contributed by atoms with Crippen molar-refractivity contribution >= 4 is 10.0 Å². The van der Waals surface area contributed by atoms with Gasteiger partial charge in [-0.2, -0.15) is 0 Å². The van der Waals surface area contributed by atoms with Crippen LogP contribution >= 0.6 is 0 Å². The first-order valence-corrected chi connectivity index (χ1v) is 7.10. The van der Waals surface area contributed by atoms with Crippen LogP contribution in [0.25, 0.3) is 0 Å². The molecule has 20 heavy (non-hydrogen) atoms.